The molecule has 0 aromatic heterocycles. The first-order valence-electron chi connectivity index (χ1n) is 7.67. The van der Waals surface area contributed by atoms with E-state index >= 15 is 0 Å². The van der Waals surface area contributed by atoms with Crippen molar-refractivity contribution in [2.75, 3.05) is 6.54 Å². The van der Waals surface area contributed by atoms with Crippen molar-refractivity contribution in [2.45, 2.75) is 51.0 Å². The first kappa shape index (κ1) is 16.0. The van der Waals surface area contributed by atoms with Crippen molar-refractivity contribution in [2.24, 2.45) is 11.7 Å². The third kappa shape index (κ3) is 4.03. The third-order valence-electron chi connectivity index (χ3n) is 4.50. The average molecular weight is 292 g/mol. The van der Waals surface area contributed by atoms with Crippen LogP contribution < -0.4 is 11.1 Å². The molecule has 0 radical (unpaired) electrons. The smallest absolute Gasteiger partial charge is 0.220 e. The molecule has 1 fully saturated rings. The second-order valence-corrected chi connectivity index (χ2v) is 6.70. The molecule has 1 aliphatic carbocycles. The van der Waals surface area contributed by atoms with E-state index in [1.54, 1.807) is 12.1 Å². The molecule has 1 aromatic rings. The average Bonchev–Trinajstić information content (AvgIpc) is 2.82. The van der Waals surface area contributed by atoms with E-state index in [1.165, 1.54) is 6.07 Å². The van der Waals surface area contributed by atoms with E-state index in [-0.39, 0.29) is 17.8 Å². The molecule has 0 bridgehead atoms. The molecule has 3 N–H and O–H groups in total. The number of amides is 1. The maximum absolute atomic E-state index is 13.9. The van der Waals surface area contributed by atoms with Gasteiger partial charge in [-0.15, -0.1) is 0 Å². The van der Waals surface area contributed by atoms with Crippen molar-refractivity contribution >= 4 is 5.91 Å². The van der Waals surface area contributed by atoms with Crippen LogP contribution in [0.25, 0.3) is 0 Å². The lowest BCUT2D eigenvalue weighted by atomic mass is 9.84. The molecule has 0 saturated heterocycles. The molecule has 2 rings (SSSR count). The number of rotatable bonds is 5. The Hall–Kier alpha value is -1.42. The first-order valence-corrected chi connectivity index (χ1v) is 7.67. The number of nitrogens with one attached hydrogen (secondary N) is 1. The molecule has 0 heterocycles. The van der Waals surface area contributed by atoms with Gasteiger partial charge in [0.25, 0.3) is 0 Å². The van der Waals surface area contributed by atoms with Crippen LogP contribution in [-0.4, -0.2) is 18.5 Å². The topological polar surface area (TPSA) is 55.1 Å². The Balaban J connectivity index is 1.89. The summed E-state index contributed by atoms with van der Waals surface area (Å²) in [4.78, 5) is 12.0. The largest absolute Gasteiger partial charge is 0.355 e. The Morgan fingerprint density at radius 1 is 1.38 bits per heavy atom. The van der Waals surface area contributed by atoms with Crippen LogP contribution in [-0.2, 0) is 10.2 Å². The lowest BCUT2D eigenvalue weighted by molar-refractivity contribution is -0.122. The van der Waals surface area contributed by atoms with Gasteiger partial charge in [0.1, 0.15) is 5.82 Å². The number of hydrogen-bond donors (Lipinski definition) is 2. The number of carbonyl (C=O) groups excluding carboxylic acids is 1. The van der Waals surface area contributed by atoms with E-state index in [0.29, 0.717) is 24.4 Å². The van der Waals surface area contributed by atoms with Gasteiger partial charge in [-0.1, -0.05) is 38.5 Å². The van der Waals surface area contributed by atoms with Crippen LogP contribution in [0.3, 0.4) is 0 Å². The van der Waals surface area contributed by atoms with E-state index in [0.717, 1.165) is 19.3 Å². The van der Waals surface area contributed by atoms with Crippen molar-refractivity contribution in [3.05, 3.63) is 35.6 Å². The van der Waals surface area contributed by atoms with Gasteiger partial charge in [0.15, 0.2) is 0 Å². The fourth-order valence-corrected chi connectivity index (χ4v) is 3.05. The summed E-state index contributed by atoms with van der Waals surface area (Å²) in [6, 6.07) is 6.87. The molecule has 1 amide bonds. The lowest BCUT2D eigenvalue weighted by Gasteiger charge is -2.26. The highest BCUT2D eigenvalue weighted by Crippen LogP contribution is 2.27. The summed E-state index contributed by atoms with van der Waals surface area (Å²) in [7, 11) is 0. The summed E-state index contributed by atoms with van der Waals surface area (Å²) in [5, 5.41) is 2.93. The van der Waals surface area contributed by atoms with Crippen LogP contribution in [0.2, 0.25) is 0 Å². The Kier molecular flexibility index (Phi) is 4.99. The monoisotopic (exact) mass is 292 g/mol. The highest BCUT2D eigenvalue weighted by atomic mass is 19.1. The highest BCUT2D eigenvalue weighted by molar-refractivity contribution is 5.76. The van der Waals surface area contributed by atoms with Gasteiger partial charge in [-0.3, -0.25) is 4.79 Å². The summed E-state index contributed by atoms with van der Waals surface area (Å²) >= 11 is 0. The molecule has 1 aliphatic rings. The molecule has 3 nitrogen and oxygen atoms in total. The van der Waals surface area contributed by atoms with Crippen LogP contribution in [0.1, 0.15) is 45.1 Å². The summed E-state index contributed by atoms with van der Waals surface area (Å²) in [6.45, 7) is 4.30. The van der Waals surface area contributed by atoms with Crippen molar-refractivity contribution < 1.29 is 9.18 Å². The molecule has 0 spiro atoms. The van der Waals surface area contributed by atoms with Crippen LogP contribution in [0, 0.1) is 11.7 Å². The zero-order valence-electron chi connectivity index (χ0n) is 12.9. The van der Waals surface area contributed by atoms with Crippen molar-refractivity contribution in [3.8, 4) is 0 Å². The van der Waals surface area contributed by atoms with Crippen LogP contribution >= 0.6 is 0 Å². The van der Waals surface area contributed by atoms with Crippen molar-refractivity contribution in [1.29, 1.82) is 0 Å². The minimum absolute atomic E-state index is 0.0155. The fourth-order valence-electron chi connectivity index (χ4n) is 3.05. The Labute approximate surface area is 126 Å². The van der Waals surface area contributed by atoms with E-state index in [9.17, 15) is 9.18 Å². The quantitative estimate of drug-likeness (QED) is 0.876. The first-order chi connectivity index (χ1) is 9.90. The van der Waals surface area contributed by atoms with E-state index in [2.05, 4.69) is 5.32 Å². The number of hydrogen-bond acceptors (Lipinski definition) is 2. The molecule has 1 saturated carbocycles. The minimum atomic E-state index is -0.432. The molecule has 1 aromatic carbocycles. The van der Waals surface area contributed by atoms with Gasteiger partial charge in [-0.2, -0.15) is 0 Å². The molecule has 0 unspecified atom stereocenters. The van der Waals surface area contributed by atoms with Crippen LogP contribution in [0.5, 0.6) is 0 Å². The van der Waals surface area contributed by atoms with E-state index < -0.39 is 5.41 Å². The van der Waals surface area contributed by atoms with Crippen molar-refractivity contribution in [3.63, 3.8) is 0 Å². The Morgan fingerprint density at radius 3 is 2.71 bits per heavy atom. The van der Waals surface area contributed by atoms with Crippen LogP contribution in [0.4, 0.5) is 4.39 Å². The van der Waals surface area contributed by atoms with Gasteiger partial charge < -0.3 is 11.1 Å². The predicted octanol–water partition coefficient (Wildman–Crippen LogP) is 2.74. The zero-order chi connectivity index (χ0) is 15.5. The molecular formula is C17H25FN2O. The lowest BCUT2D eigenvalue weighted by Crippen LogP contribution is -2.39. The molecule has 21 heavy (non-hydrogen) atoms. The third-order valence-corrected chi connectivity index (χ3v) is 4.50. The second kappa shape index (κ2) is 6.56. The number of nitrogens with two attached hydrogens (primary N) is 1. The molecule has 4 heteroatoms. The standard InChI is InChI=1S/C17H25FN2O/c1-17(2,13-7-3-4-8-14(13)18)11-20-16(21)10-12-6-5-9-15(12)19/h3-4,7-8,12,15H,5-6,9-11,19H2,1-2H3,(H,20,21)/t12-,15+/m0/s1. The second-order valence-electron chi connectivity index (χ2n) is 6.70. The number of carbonyl (C=O) groups is 1. The Morgan fingerprint density at radius 2 is 2.10 bits per heavy atom. The van der Waals surface area contributed by atoms with E-state index in [4.69, 9.17) is 5.73 Å². The summed E-state index contributed by atoms with van der Waals surface area (Å²) in [6.07, 6.45) is 3.64. The van der Waals surface area contributed by atoms with Gasteiger partial charge in [-0.25, -0.2) is 4.39 Å². The van der Waals surface area contributed by atoms with Gasteiger partial charge in [-0.05, 0) is 30.4 Å². The summed E-state index contributed by atoms with van der Waals surface area (Å²) in [5.74, 6) is 0.0814. The fraction of sp³-hybridized carbons (Fsp3) is 0.588. The maximum atomic E-state index is 13.9. The van der Waals surface area contributed by atoms with Crippen LogP contribution in [0.15, 0.2) is 24.3 Å². The molecule has 116 valence electrons. The zero-order valence-corrected chi connectivity index (χ0v) is 12.9. The molecule has 0 aliphatic heterocycles. The predicted molar refractivity (Wildman–Crippen MR) is 82.4 cm³/mol. The normalized spacial score (nSPS) is 22.3. The SMILES string of the molecule is CC(C)(CNC(=O)C[C@@H]1CCC[C@H]1N)c1ccccc1F. The van der Waals surface area contributed by atoms with Gasteiger partial charge >= 0.3 is 0 Å². The van der Waals surface area contributed by atoms with Crippen molar-refractivity contribution in [1.82, 2.24) is 5.32 Å². The molecular weight excluding hydrogens is 267 g/mol. The van der Waals surface area contributed by atoms with E-state index in [1.807, 2.05) is 19.9 Å². The minimum Gasteiger partial charge on any atom is -0.355 e. The highest BCUT2D eigenvalue weighted by Gasteiger charge is 2.28. The number of benzene rings is 1. The van der Waals surface area contributed by atoms with Gasteiger partial charge in [0.2, 0.25) is 5.91 Å². The maximum Gasteiger partial charge on any atom is 0.220 e. The Bertz CT molecular complexity index is 501. The summed E-state index contributed by atoms with van der Waals surface area (Å²) in [5.41, 5.74) is 6.19. The summed E-state index contributed by atoms with van der Waals surface area (Å²) < 4.78 is 13.9. The van der Waals surface area contributed by atoms with Gasteiger partial charge in [0, 0.05) is 24.4 Å². The van der Waals surface area contributed by atoms with Gasteiger partial charge in [0.05, 0.1) is 0 Å². The number of halogens is 1. The molecule has 2 atom stereocenters.